The van der Waals surface area contributed by atoms with Crippen LogP contribution in [-0.4, -0.2) is 56.6 Å². The van der Waals surface area contributed by atoms with Crippen LogP contribution in [0.15, 0.2) is 23.8 Å². The van der Waals surface area contributed by atoms with Crippen LogP contribution in [-0.2, 0) is 19.1 Å². The quantitative estimate of drug-likeness (QED) is 0.445. The van der Waals surface area contributed by atoms with Gasteiger partial charge in [-0.2, -0.15) is 0 Å². The fourth-order valence-electron chi connectivity index (χ4n) is 7.41. The molecule has 0 radical (unpaired) electrons. The Labute approximate surface area is 195 Å². The second-order valence-electron chi connectivity index (χ2n) is 10.5. The zero-order valence-electron chi connectivity index (χ0n) is 18.7. The molecule has 0 bridgehead atoms. The number of hydrogen-bond acceptors (Lipinski definition) is 6. The van der Waals surface area contributed by atoms with E-state index in [2.05, 4.69) is 15.9 Å². The highest BCUT2D eigenvalue weighted by molar-refractivity contribution is 9.10. The number of carbonyl (C=O) groups excluding carboxylic acids is 3. The minimum Gasteiger partial charge on any atom is -0.458 e. The van der Waals surface area contributed by atoms with Crippen molar-refractivity contribution in [1.82, 2.24) is 0 Å². The van der Waals surface area contributed by atoms with E-state index in [1.165, 1.54) is 19.1 Å². The van der Waals surface area contributed by atoms with Gasteiger partial charge in [0.25, 0.3) is 0 Å². The second-order valence-corrected chi connectivity index (χ2v) is 11.8. The Morgan fingerprint density at radius 2 is 1.94 bits per heavy atom. The van der Waals surface area contributed by atoms with Crippen LogP contribution in [0.2, 0.25) is 0 Å². The van der Waals surface area contributed by atoms with E-state index < -0.39 is 63.2 Å². The summed E-state index contributed by atoms with van der Waals surface area (Å²) >= 11 is 3.83. The molecule has 0 saturated heterocycles. The fourth-order valence-corrected chi connectivity index (χ4v) is 8.44. The minimum atomic E-state index is -1.82. The molecule has 0 aromatic carbocycles. The first kappa shape index (κ1) is 23.8. The Bertz CT molecular complexity index is 947. The summed E-state index contributed by atoms with van der Waals surface area (Å²) in [6.07, 6.45) is 2.68. The molecule has 4 aliphatic carbocycles. The van der Waals surface area contributed by atoms with Crippen molar-refractivity contribution in [1.29, 1.82) is 0 Å². The number of hydrogen-bond donors (Lipinski definition) is 2. The Balaban J connectivity index is 1.79. The van der Waals surface area contributed by atoms with E-state index in [1.54, 1.807) is 19.9 Å². The van der Waals surface area contributed by atoms with Gasteiger partial charge in [-0.1, -0.05) is 42.8 Å². The van der Waals surface area contributed by atoms with Crippen molar-refractivity contribution >= 4 is 33.5 Å². The van der Waals surface area contributed by atoms with Crippen LogP contribution in [0.25, 0.3) is 0 Å². The Kier molecular flexibility index (Phi) is 5.43. The van der Waals surface area contributed by atoms with E-state index >= 15 is 4.39 Å². The van der Waals surface area contributed by atoms with E-state index in [9.17, 15) is 24.6 Å². The van der Waals surface area contributed by atoms with Gasteiger partial charge in [-0.25, -0.2) is 4.39 Å². The van der Waals surface area contributed by atoms with Gasteiger partial charge >= 0.3 is 5.97 Å². The number of esters is 1. The van der Waals surface area contributed by atoms with Gasteiger partial charge in [-0.15, -0.1) is 0 Å². The summed E-state index contributed by atoms with van der Waals surface area (Å²) in [5.41, 5.74) is -3.43. The second kappa shape index (κ2) is 7.31. The van der Waals surface area contributed by atoms with Crippen molar-refractivity contribution in [2.75, 3.05) is 6.61 Å². The third kappa shape index (κ3) is 2.78. The van der Waals surface area contributed by atoms with Crippen molar-refractivity contribution in [3.8, 4) is 0 Å². The van der Waals surface area contributed by atoms with Crippen molar-refractivity contribution < 1.29 is 33.7 Å². The number of aliphatic hydroxyl groups is 2. The van der Waals surface area contributed by atoms with Gasteiger partial charge < -0.3 is 14.9 Å². The molecule has 4 rings (SSSR count). The number of aliphatic hydroxyl groups excluding tert-OH is 1. The monoisotopic (exact) mass is 512 g/mol. The number of allylic oxidation sites excluding steroid dienone is 4. The molecule has 0 aliphatic heterocycles. The molecule has 6 nitrogen and oxygen atoms in total. The predicted molar refractivity (Wildman–Crippen MR) is 118 cm³/mol. The predicted octanol–water partition coefficient (Wildman–Crippen LogP) is 2.84. The van der Waals surface area contributed by atoms with Gasteiger partial charge in [0.2, 0.25) is 5.78 Å². The molecule has 176 valence electrons. The zero-order chi connectivity index (χ0) is 23.9. The molecule has 32 heavy (non-hydrogen) atoms. The van der Waals surface area contributed by atoms with E-state index in [1.807, 2.05) is 6.92 Å². The van der Waals surface area contributed by atoms with Crippen LogP contribution >= 0.6 is 15.9 Å². The topological polar surface area (TPSA) is 101 Å². The van der Waals surface area contributed by atoms with Gasteiger partial charge in [0.1, 0.15) is 11.8 Å². The summed E-state index contributed by atoms with van der Waals surface area (Å²) in [5, 5.41) is 23.3. The number of ketones is 2. The maximum absolute atomic E-state index is 15.5. The van der Waals surface area contributed by atoms with Crippen LogP contribution in [0.4, 0.5) is 4.39 Å². The van der Waals surface area contributed by atoms with Gasteiger partial charge in [-0.3, -0.25) is 14.4 Å². The van der Waals surface area contributed by atoms with Gasteiger partial charge in [0, 0.05) is 17.8 Å². The lowest BCUT2D eigenvalue weighted by atomic mass is 9.45. The van der Waals surface area contributed by atoms with E-state index in [-0.39, 0.29) is 24.5 Å². The molecule has 0 heterocycles. The molecule has 0 aromatic heterocycles. The summed E-state index contributed by atoms with van der Waals surface area (Å²) in [7, 11) is 0. The molecule has 3 fully saturated rings. The van der Waals surface area contributed by atoms with Gasteiger partial charge in [0.15, 0.2) is 12.4 Å². The van der Waals surface area contributed by atoms with E-state index in [4.69, 9.17) is 4.74 Å². The summed E-state index contributed by atoms with van der Waals surface area (Å²) in [5.74, 6) is -2.62. The number of alkyl halides is 2. The Morgan fingerprint density at radius 1 is 1.28 bits per heavy atom. The first-order valence-electron chi connectivity index (χ1n) is 11.1. The Morgan fingerprint density at radius 3 is 2.56 bits per heavy atom. The van der Waals surface area contributed by atoms with E-state index in [0.717, 1.165) is 0 Å². The number of ether oxygens (including phenoxy) is 1. The number of Topliss-reactive ketones (excluding diaryl/α,β-unsaturated/α-hetero) is 1. The van der Waals surface area contributed by atoms with Crippen molar-refractivity contribution in [2.45, 2.75) is 69.2 Å². The largest absolute Gasteiger partial charge is 0.458 e. The summed E-state index contributed by atoms with van der Waals surface area (Å²) in [6.45, 7) is 6.04. The molecule has 8 heteroatoms. The molecule has 0 spiro atoms. The molecule has 0 aromatic rings. The SMILES string of the molecule is CC(=O)OCC(=O)[C@@]1(O)[C@H](C)C[C@H]2[C@@H]3C[C@H](F)C4=CC(=O)C=C[C@]4(C)C3(Br)[C@@H](O)C[C@@]21C. The van der Waals surface area contributed by atoms with Gasteiger partial charge in [-0.05, 0) is 54.7 Å². The van der Waals surface area contributed by atoms with Crippen LogP contribution < -0.4 is 0 Å². The van der Waals surface area contributed by atoms with E-state index in [0.29, 0.717) is 12.0 Å². The number of fused-ring (bicyclic) bond motifs is 5. The fraction of sp³-hybridized carbons (Fsp3) is 0.708. The molecule has 2 N–H and O–H groups in total. The minimum absolute atomic E-state index is 0.0754. The van der Waals surface area contributed by atoms with Crippen molar-refractivity contribution in [3.63, 3.8) is 0 Å². The highest BCUT2D eigenvalue weighted by Crippen LogP contribution is 2.72. The lowest BCUT2D eigenvalue weighted by molar-refractivity contribution is -0.182. The summed E-state index contributed by atoms with van der Waals surface area (Å²) < 4.78 is 19.4. The van der Waals surface area contributed by atoms with Crippen molar-refractivity contribution in [3.05, 3.63) is 23.8 Å². The van der Waals surface area contributed by atoms with Crippen LogP contribution in [0.3, 0.4) is 0 Å². The maximum atomic E-state index is 15.5. The number of rotatable bonds is 3. The normalized spacial score (nSPS) is 49.6. The molecule has 0 amide bonds. The lowest BCUT2D eigenvalue weighted by Crippen LogP contribution is -2.70. The highest BCUT2D eigenvalue weighted by atomic mass is 79.9. The number of halogens is 2. The molecular weight excluding hydrogens is 483 g/mol. The highest BCUT2D eigenvalue weighted by Gasteiger charge is 2.75. The summed E-state index contributed by atoms with van der Waals surface area (Å²) in [4.78, 5) is 36.4. The molecular formula is C24H30BrFO6. The van der Waals surface area contributed by atoms with Crippen LogP contribution in [0.5, 0.6) is 0 Å². The first-order chi connectivity index (χ1) is 14.7. The maximum Gasteiger partial charge on any atom is 0.303 e. The molecule has 9 atom stereocenters. The van der Waals surface area contributed by atoms with Crippen molar-refractivity contribution in [2.24, 2.45) is 28.6 Å². The zero-order valence-corrected chi connectivity index (χ0v) is 20.3. The molecule has 1 unspecified atom stereocenters. The van der Waals surface area contributed by atoms with Crippen LogP contribution in [0, 0.1) is 28.6 Å². The Hall–Kier alpha value is -1.38. The first-order valence-corrected chi connectivity index (χ1v) is 11.9. The average Bonchev–Trinajstić information content (AvgIpc) is 2.91. The summed E-state index contributed by atoms with van der Waals surface area (Å²) in [6, 6.07) is 0. The third-order valence-electron chi connectivity index (χ3n) is 9.04. The third-order valence-corrected chi connectivity index (χ3v) is 11.0. The average molecular weight is 513 g/mol. The standard InChI is InChI=1S/C24H30BrFO6/c1-12-7-15-16-9-18(26)17-8-14(28)5-6-21(17,3)23(16,25)19(29)10-22(15,4)24(12,31)20(30)11-32-13(2)27/h5-6,8,12,15-16,18-19,29,31H,7,9-11H2,1-4H3/t12-,15+,16+,18+,19+,21+,22+,23?,24+/m1/s1. The van der Waals surface area contributed by atoms with Gasteiger partial charge in [0.05, 0.1) is 10.4 Å². The molecule has 4 aliphatic rings. The lowest BCUT2D eigenvalue weighted by Gasteiger charge is -2.64. The smallest absolute Gasteiger partial charge is 0.303 e. The van der Waals surface area contributed by atoms with Crippen LogP contribution in [0.1, 0.15) is 47.0 Å². The number of carbonyl (C=O) groups is 3. The molecule has 3 saturated carbocycles.